The molecule has 1 aliphatic heterocycles. The Bertz CT molecular complexity index is 1390. The topological polar surface area (TPSA) is 55.2 Å². The zero-order valence-electron chi connectivity index (χ0n) is 19.4. The summed E-state index contributed by atoms with van der Waals surface area (Å²) in [6.45, 7) is 5.60. The normalized spacial score (nSPS) is 13.8. The lowest BCUT2D eigenvalue weighted by Crippen LogP contribution is -2.23. The van der Waals surface area contributed by atoms with Crippen LogP contribution in [-0.4, -0.2) is 22.0 Å². The minimum Gasteiger partial charge on any atom is -0.312 e. The molecule has 34 heavy (non-hydrogen) atoms. The predicted molar refractivity (Wildman–Crippen MR) is 142 cm³/mol. The van der Waals surface area contributed by atoms with Crippen LogP contribution in [0.2, 0.25) is 0 Å². The molecule has 0 unspecified atom stereocenters. The van der Waals surface area contributed by atoms with E-state index >= 15 is 0 Å². The van der Waals surface area contributed by atoms with E-state index in [0.29, 0.717) is 23.4 Å². The highest BCUT2D eigenvalue weighted by Gasteiger charge is 2.21. The van der Waals surface area contributed by atoms with Crippen molar-refractivity contribution < 1.29 is 4.79 Å². The first kappa shape index (κ1) is 22.9. The minimum atomic E-state index is 0.0422. The first-order valence-electron chi connectivity index (χ1n) is 11.7. The zero-order chi connectivity index (χ0) is 23.7. The van der Waals surface area contributed by atoms with Crippen molar-refractivity contribution in [2.45, 2.75) is 50.6 Å². The second-order valence-corrected chi connectivity index (χ2v) is 10.6. The van der Waals surface area contributed by atoms with Crippen LogP contribution >= 0.6 is 23.1 Å². The monoisotopic (exact) mass is 489 g/mol. The number of carbonyl (C=O) groups is 1. The van der Waals surface area contributed by atoms with Crippen LogP contribution in [0.25, 0.3) is 20.7 Å². The number of anilines is 1. The first-order valence-corrected chi connectivity index (χ1v) is 13.5. The van der Waals surface area contributed by atoms with Gasteiger partial charge in [0, 0.05) is 35.8 Å². The summed E-state index contributed by atoms with van der Waals surface area (Å²) < 4.78 is 2.53. The average molecular weight is 490 g/mol. The molecule has 0 bridgehead atoms. The van der Waals surface area contributed by atoms with Crippen molar-refractivity contribution in [3.05, 3.63) is 76.1 Å². The number of aromatic nitrogens is 2. The maximum absolute atomic E-state index is 13.4. The number of thiophene rings is 1. The maximum Gasteiger partial charge on any atom is 0.272 e. The molecule has 0 spiro atoms. The molecule has 0 saturated carbocycles. The quantitative estimate of drug-likeness (QED) is 0.227. The van der Waals surface area contributed by atoms with E-state index in [9.17, 15) is 9.59 Å². The molecule has 0 N–H and O–H groups in total. The average Bonchev–Trinajstić information content (AvgIpc) is 3.47. The third-order valence-corrected chi connectivity index (χ3v) is 8.28. The molecule has 1 fully saturated rings. The molecule has 0 atom stereocenters. The van der Waals surface area contributed by atoms with Crippen molar-refractivity contribution in [3.63, 3.8) is 0 Å². The predicted octanol–water partition coefficient (Wildman–Crippen LogP) is 6.26. The molecule has 0 radical (unpaired) electrons. The van der Waals surface area contributed by atoms with Crippen molar-refractivity contribution >= 4 is 44.9 Å². The van der Waals surface area contributed by atoms with Gasteiger partial charge in [0.2, 0.25) is 5.91 Å². The number of nitrogens with zero attached hydrogens (tertiary/aromatic N) is 3. The molecule has 7 heteroatoms. The summed E-state index contributed by atoms with van der Waals surface area (Å²) in [4.78, 5) is 33.2. The van der Waals surface area contributed by atoms with Crippen LogP contribution in [0.15, 0.2) is 64.5 Å². The van der Waals surface area contributed by atoms with E-state index in [1.54, 1.807) is 11.8 Å². The van der Waals surface area contributed by atoms with Gasteiger partial charge in [0.25, 0.3) is 5.56 Å². The lowest BCUT2D eigenvalue weighted by atomic mass is 10.1. The van der Waals surface area contributed by atoms with Gasteiger partial charge in [0.05, 0.1) is 5.52 Å². The highest BCUT2D eigenvalue weighted by Crippen LogP contribution is 2.33. The lowest BCUT2D eigenvalue weighted by Gasteiger charge is -2.16. The van der Waals surface area contributed by atoms with Crippen LogP contribution in [0, 0.1) is 6.92 Å². The molecule has 5 rings (SSSR count). The molecular formula is C27H27N3O2S2. The van der Waals surface area contributed by atoms with Gasteiger partial charge in [-0.2, -0.15) is 0 Å². The summed E-state index contributed by atoms with van der Waals surface area (Å²) in [6.07, 6.45) is 2.43. The molecule has 174 valence electrons. The van der Waals surface area contributed by atoms with Crippen LogP contribution in [0.4, 0.5) is 5.69 Å². The molecule has 2 aromatic carbocycles. The number of fused-ring (bicyclic) bond motifs is 1. The van der Waals surface area contributed by atoms with Crippen molar-refractivity contribution in [1.29, 1.82) is 0 Å². The molecule has 1 saturated heterocycles. The lowest BCUT2D eigenvalue weighted by molar-refractivity contribution is -0.117. The van der Waals surface area contributed by atoms with Gasteiger partial charge in [-0.25, -0.2) is 4.98 Å². The van der Waals surface area contributed by atoms with Crippen LogP contribution in [-0.2, 0) is 17.1 Å². The fourth-order valence-corrected chi connectivity index (χ4v) is 6.25. The Hall–Kier alpha value is -2.90. The Morgan fingerprint density at radius 3 is 2.50 bits per heavy atom. The van der Waals surface area contributed by atoms with E-state index < -0.39 is 0 Å². The third kappa shape index (κ3) is 4.55. The summed E-state index contributed by atoms with van der Waals surface area (Å²) in [5.41, 5.74) is 5.24. The number of rotatable bonds is 7. The zero-order valence-corrected chi connectivity index (χ0v) is 21.0. The van der Waals surface area contributed by atoms with Crippen molar-refractivity contribution in [2.24, 2.45) is 0 Å². The molecule has 1 amide bonds. The van der Waals surface area contributed by atoms with E-state index in [0.717, 1.165) is 51.8 Å². The van der Waals surface area contributed by atoms with Gasteiger partial charge in [0.1, 0.15) is 4.70 Å². The SMILES string of the molecule is CCCn1c(SCc2ccc(N3CCCC3=O)cc2)nc2cc(-c3ccc(C)cc3)sc2c1=O. The second-order valence-electron chi connectivity index (χ2n) is 8.65. The van der Waals surface area contributed by atoms with Gasteiger partial charge in [-0.3, -0.25) is 14.2 Å². The van der Waals surface area contributed by atoms with E-state index in [4.69, 9.17) is 4.98 Å². The summed E-state index contributed by atoms with van der Waals surface area (Å²) in [7, 11) is 0. The van der Waals surface area contributed by atoms with E-state index in [2.05, 4.69) is 50.2 Å². The number of benzene rings is 2. The van der Waals surface area contributed by atoms with Gasteiger partial charge in [-0.1, -0.05) is 60.6 Å². The Morgan fingerprint density at radius 1 is 1.06 bits per heavy atom. The number of thioether (sulfide) groups is 1. The first-order chi connectivity index (χ1) is 16.5. The van der Waals surface area contributed by atoms with Gasteiger partial charge >= 0.3 is 0 Å². The van der Waals surface area contributed by atoms with Crippen molar-refractivity contribution in [1.82, 2.24) is 9.55 Å². The van der Waals surface area contributed by atoms with Crippen LogP contribution < -0.4 is 10.5 Å². The second kappa shape index (κ2) is 9.76. The number of hydrogen-bond acceptors (Lipinski definition) is 5. The number of aryl methyl sites for hydroxylation is 1. The fraction of sp³-hybridized carbons (Fsp3) is 0.296. The molecule has 0 aliphatic carbocycles. The fourth-order valence-electron chi connectivity index (χ4n) is 4.22. The molecule has 4 aromatic rings. The summed E-state index contributed by atoms with van der Waals surface area (Å²) in [5, 5.41) is 0.756. The summed E-state index contributed by atoms with van der Waals surface area (Å²) in [6, 6.07) is 18.6. The Morgan fingerprint density at radius 2 is 1.82 bits per heavy atom. The number of hydrogen-bond donors (Lipinski definition) is 0. The van der Waals surface area contributed by atoms with Crippen LogP contribution in [0.1, 0.15) is 37.3 Å². The number of amides is 1. The van der Waals surface area contributed by atoms with E-state index in [1.165, 1.54) is 16.9 Å². The summed E-state index contributed by atoms with van der Waals surface area (Å²) in [5.74, 6) is 0.911. The van der Waals surface area contributed by atoms with Crippen molar-refractivity contribution in [3.8, 4) is 10.4 Å². The third-order valence-electron chi connectivity index (χ3n) is 6.07. The van der Waals surface area contributed by atoms with E-state index in [-0.39, 0.29) is 11.5 Å². The Labute approximate surface area is 207 Å². The molecule has 2 aromatic heterocycles. The van der Waals surface area contributed by atoms with Crippen LogP contribution in [0.5, 0.6) is 0 Å². The Kier molecular flexibility index (Phi) is 6.57. The van der Waals surface area contributed by atoms with Crippen molar-refractivity contribution in [2.75, 3.05) is 11.4 Å². The minimum absolute atomic E-state index is 0.0422. The van der Waals surface area contributed by atoms with Crippen LogP contribution in [0.3, 0.4) is 0 Å². The van der Waals surface area contributed by atoms with Gasteiger partial charge in [0.15, 0.2) is 5.16 Å². The smallest absolute Gasteiger partial charge is 0.272 e. The van der Waals surface area contributed by atoms with E-state index in [1.807, 2.05) is 27.7 Å². The highest BCUT2D eigenvalue weighted by molar-refractivity contribution is 7.98. The molecule has 3 heterocycles. The maximum atomic E-state index is 13.4. The highest BCUT2D eigenvalue weighted by atomic mass is 32.2. The summed E-state index contributed by atoms with van der Waals surface area (Å²) >= 11 is 3.11. The van der Waals surface area contributed by atoms with Gasteiger partial charge < -0.3 is 4.90 Å². The molecular weight excluding hydrogens is 462 g/mol. The molecule has 5 nitrogen and oxygen atoms in total. The largest absolute Gasteiger partial charge is 0.312 e. The van der Waals surface area contributed by atoms with Gasteiger partial charge in [-0.15, -0.1) is 11.3 Å². The van der Waals surface area contributed by atoms with Gasteiger partial charge in [-0.05, 0) is 49.1 Å². The number of carbonyl (C=O) groups excluding carboxylic acids is 1. The Balaban J connectivity index is 1.41. The standard InChI is InChI=1S/C27H27N3O2S2/c1-3-14-30-26(32)25-22(16-23(34-25)20-10-6-18(2)7-11-20)28-27(30)33-17-19-8-12-21(13-9-19)29-15-4-5-24(29)31/h6-13,16H,3-5,14-15,17H2,1-2H3. The molecule has 1 aliphatic rings.